The molecule has 0 saturated heterocycles. The summed E-state index contributed by atoms with van der Waals surface area (Å²) in [5.74, 6) is 6.28. The second-order valence-corrected chi connectivity index (χ2v) is 13.4. The first kappa shape index (κ1) is 23.1. The Bertz CT molecular complexity index is 590. The van der Waals surface area contributed by atoms with E-state index in [1.165, 1.54) is 70.6 Å². The molecule has 1 unspecified atom stereocenters. The van der Waals surface area contributed by atoms with Crippen LogP contribution in [-0.2, 0) is 0 Å². The highest BCUT2D eigenvalue weighted by Crippen LogP contribution is 2.68. The maximum absolute atomic E-state index is 10.5. The van der Waals surface area contributed by atoms with Crippen LogP contribution in [0.1, 0.15) is 125 Å². The number of fused-ring (bicyclic) bond motifs is 5. The summed E-state index contributed by atoms with van der Waals surface area (Å²) in [6, 6.07) is 0. The molecule has 4 fully saturated rings. The summed E-state index contributed by atoms with van der Waals surface area (Å²) in [7, 11) is 0. The number of hydrogen-bond donors (Lipinski definition) is 1. The van der Waals surface area contributed by atoms with Crippen LogP contribution in [0, 0.1) is 52.3 Å². The maximum atomic E-state index is 10.5. The van der Waals surface area contributed by atoms with Crippen LogP contribution in [0.4, 0.5) is 0 Å². The Morgan fingerprint density at radius 2 is 1.60 bits per heavy atom. The van der Waals surface area contributed by atoms with Crippen LogP contribution in [0.3, 0.4) is 0 Å². The van der Waals surface area contributed by atoms with E-state index in [4.69, 9.17) is 0 Å². The molecule has 1 N–H and O–H groups in total. The predicted octanol–water partition coefficient (Wildman–Crippen LogP) is 8.25. The summed E-state index contributed by atoms with van der Waals surface area (Å²) < 4.78 is 0. The molecule has 0 heterocycles. The van der Waals surface area contributed by atoms with E-state index in [0.717, 1.165) is 41.9 Å². The molecular formula is C29H52O. The van der Waals surface area contributed by atoms with Gasteiger partial charge in [0.25, 0.3) is 0 Å². The summed E-state index contributed by atoms with van der Waals surface area (Å²) in [5.41, 5.74) is 0.741. The fourth-order valence-corrected chi connectivity index (χ4v) is 9.99. The molecule has 0 aromatic carbocycles. The number of aliphatic hydroxyl groups is 1. The summed E-state index contributed by atoms with van der Waals surface area (Å²) in [6.07, 6.45) is 18.8. The third-order valence-electron chi connectivity index (χ3n) is 11.8. The molecule has 1 nitrogen and oxygen atoms in total. The van der Waals surface area contributed by atoms with E-state index < -0.39 is 5.60 Å². The van der Waals surface area contributed by atoms with Gasteiger partial charge in [-0.15, -0.1) is 0 Å². The van der Waals surface area contributed by atoms with Gasteiger partial charge < -0.3 is 5.11 Å². The van der Waals surface area contributed by atoms with Gasteiger partial charge in [0.1, 0.15) is 0 Å². The lowest BCUT2D eigenvalue weighted by Crippen LogP contribution is -2.53. The molecular weight excluding hydrogens is 364 g/mol. The number of rotatable bonds is 6. The highest BCUT2D eigenvalue weighted by atomic mass is 16.3. The second kappa shape index (κ2) is 8.39. The highest BCUT2D eigenvalue weighted by Gasteiger charge is 2.60. The normalized spacial score (nSPS) is 45.9. The van der Waals surface area contributed by atoms with Gasteiger partial charge in [-0.2, -0.15) is 0 Å². The third-order valence-corrected chi connectivity index (χ3v) is 11.8. The van der Waals surface area contributed by atoms with E-state index in [9.17, 15) is 5.11 Å². The molecule has 4 rings (SSSR count). The Morgan fingerprint density at radius 1 is 0.867 bits per heavy atom. The smallest absolute Gasteiger partial charge is 0.0619 e. The van der Waals surface area contributed by atoms with Crippen molar-refractivity contribution < 1.29 is 5.11 Å². The maximum Gasteiger partial charge on any atom is 0.0619 e. The fourth-order valence-electron chi connectivity index (χ4n) is 9.99. The molecule has 0 amide bonds. The molecule has 4 saturated carbocycles. The van der Waals surface area contributed by atoms with Gasteiger partial charge in [-0.25, -0.2) is 0 Å². The topological polar surface area (TPSA) is 20.2 Å². The molecule has 30 heavy (non-hydrogen) atoms. The summed E-state index contributed by atoms with van der Waals surface area (Å²) in [6.45, 7) is 14.3. The first-order valence-electron chi connectivity index (χ1n) is 13.8. The zero-order valence-corrected chi connectivity index (χ0v) is 21.2. The van der Waals surface area contributed by atoms with Gasteiger partial charge in [-0.3, -0.25) is 0 Å². The van der Waals surface area contributed by atoms with Crippen molar-refractivity contribution >= 4 is 0 Å². The van der Waals surface area contributed by atoms with Crippen molar-refractivity contribution in [3.05, 3.63) is 0 Å². The minimum Gasteiger partial charge on any atom is -0.390 e. The van der Waals surface area contributed by atoms with Gasteiger partial charge in [-0.05, 0) is 124 Å². The monoisotopic (exact) mass is 416 g/mol. The molecule has 1 heteroatoms. The van der Waals surface area contributed by atoms with E-state index in [-0.39, 0.29) is 0 Å². The van der Waals surface area contributed by atoms with E-state index in [2.05, 4.69) is 27.7 Å². The van der Waals surface area contributed by atoms with Crippen molar-refractivity contribution in [2.75, 3.05) is 0 Å². The van der Waals surface area contributed by atoms with Crippen molar-refractivity contribution in [3.63, 3.8) is 0 Å². The summed E-state index contributed by atoms with van der Waals surface area (Å²) >= 11 is 0. The third kappa shape index (κ3) is 3.82. The minimum absolute atomic E-state index is 0.447. The predicted molar refractivity (Wildman–Crippen MR) is 128 cm³/mol. The van der Waals surface area contributed by atoms with E-state index in [0.29, 0.717) is 16.7 Å². The van der Waals surface area contributed by atoms with Crippen molar-refractivity contribution in [3.8, 4) is 0 Å². The molecule has 4 aliphatic carbocycles. The molecule has 0 aromatic heterocycles. The number of hydrogen-bond acceptors (Lipinski definition) is 1. The van der Waals surface area contributed by atoms with Crippen LogP contribution in [0.15, 0.2) is 0 Å². The van der Waals surface area contributed by atoms with Crippen LogP contribution >= 0.6 is 0 Å². The first-order valence-corrected chi connectivity index (χ1v) is 13.8. The van der Waals surface area contributed by atoms with Crippen LogP contribution < -0.4 is 0 Å². The van der Waals surface area contributed by atoms with Gasteiger partial charge in [0.05, 0.1) is 5.60 Å². The van der Waals surface area contributed by atoms with Crippen LogP contribution in [-0.4, -0.2) is 10.7 Å². The molecule has 9 atom stereocenters. The standard InChI is InChI=1S/C29H52O/c1-7-21(27(3,4)30)12-11-20(2)24-15-16-25-23-14-13-22-10-8-9-18-28(22,5)26(23)17-19-29(24,25)6/h20-26,30H,7-19H2,1-6H3/t20-,21-,22?,23+,24-,25+,26+,28+,29-/m1/s1. The fraction of sp³-hybridized carbons (Fsp3) is 1.00. The van der Waals surface area contributed by atoms with Crippen LogP contribution in [0.5, 0.6) is 0 Å². The molecule has 0 spiro atoms. The summed E-state index contributed by atoms with van der Waals surface area (Å²) in [4.78, 5) is 0. The molecule has 4 aliphatic rings. The van der Waals surface area contributed by atoms with Crippen molar-refractivity contribution in [2.45, 2.75) is 131 Å². The van der Waals surface area contributed by atoms with Gasteiger partial charge in [0, 0.05) is 0 Å². The lowest BCUT2D eigenvalue weighted by atomic mass is 9.44. The Hall–Kier alpha value is -0.0400. The summed E-state index contributed by atoms with van der Waals surface area (Å²) in [5, 5.41) is 10.5. The van der Waals surface area contributed by atoms with Gasteiger partial charge in [-0.1, -0.05) is 53.4 Å². The lowest BCUT2D eigenvalue weighted by Gasteiger charge is -2.61. The zero-order chi connectivity index (χ0) is 21.7. The largest absolute Gasteiger partial charge is 0.390 e. The Balaban J connectivity index is 1.45. The van der Waals surface area contributed by atoms with Crippen LogP contribution in [0.25, 0.3) is 0 Å². The average Bonchev–Trinajstić information content (AvgIpc) is 3.04. The quantitative estimate of drug-likeness (QED) is 0.462. The van der Waals surface area contributed by atoms with Crippen molar-refractivity contribution in [1.82, 2.24) is 0 Å². The van der Waals surface area contributed by atoms with Crippen LogP contribution in [0.2, 0.25) is 0 Å². The Labute approximate surface area is 188 Å². The van der Waals surface area contributed by atoms with Gasteiger partial charge >= 0.3 is 0 Å². The molecule has 0 aromatic rings. The van der Waals surface area contributed by atoms with Crippen molar-refractivity contribution in [2.24, 2.45) is 52.3 Å². The van der Waals surface area contributed by atoms with E-state index >= 15 is 0 Å². The van der Waals surface area contributed by atoms with E-state index in [1.807, 2.05) is 13.8 Å². The Morgan fingerprint density at radius 3 is 2.30 bits per heavy atom. The minimum atomic E-state index is -0.525. The Kier molecular flexibility index (Phi) is 6.47. The van der Waals surface area contributed by atoms with E-state index in [1.54, 1.807) is 6.42 Å². The van der Waals surface area contributed by atoms with Gasteiger partial charge in [0.15, 0.2) is 0 Å². The molecule has 0 aliphatic heterocycles. The highest BCUT2D eigenvalue weighted by molar-refractivity contribution is 5.09. The second-order valence-electron chi connectivity index (χ2n) is 13.4. The lowest BCUT2D eigenvalue weighted by molar-refractivity contribution is -0.114. The molecule has 0 bridgehead atoms. The first-order chi connectivity index (χ1) is 14.1. The van der Waals surface area contributed by atoms with Gasteiger partial charge in [0.2, 0.25) is 0 Å². The van der Waals surface area contributed by atoms with Crippen molar-refractivity contribution in [1.29, 1.82) is 0 Å². The zero-order valence-electron chi connectivity index (χ0n) is 21.2. The SMILES string of the molecule is CC[C@H](CC[C@@H](C)[C@H]1CC[C@H]2[C@@H]3CCC4CCCC[C@]4(C)[C@H]3CC[C@]12C)C(C)(C)O. The molecule has 0 radical (unpaired) electrons. The molecule has 174 valence electrons. The average molecular weight is 417 g/mol.